The second kappa shape index (κ2) is 6.95. The molecule has 0 aliphatic heterocycles. The minimum atomic E-state index is -4.79. The van der Waals surface area contributed by atoms with Crippen molar-refractivity contribution in [3.05, 3.63) is 35.4 Å². The van der Waals surface area contributed by atoms with E-state index in [4.69, 9.17) is 9.79 Å². The normalized spacial score (nSPS) is 14.7. The largest absolute Gasteiger partial charge is 0.363 e. The van der Waals surface area contributed by atoms with Crippen LogP contribution in [0.25, 0.3) is 0 Å². The van der Waals surface area contributed by atoms with Crippen molar-refractivity contribution in [3.63, 3.8) is 0 Å². The first-order chi connectivity index (χ1) is 9.29. The summed E-state index contributed by atoms with van der Waals surface area (Å²) in [4.78, 5) is 29.1. The second-order valence-corrected chi connectivity index (χ2v) is 5.96. The van der Waals surface area contributed by atoms with Crippen LogP contribution in [0.3, 0.4) is 0 Å². The topological polar surface area (TPSA) is 98.7 Å². The molecule has 112 valence electrons. The van der Waals surface area contributed by atoms with Gasteiger partial charge in [0.2, 0.25) is 11.8 Å². The molecule has 0 spiro atoms. The summed E-state index contributed by atoms with van der Waals surface area (Å²) in [7, 11) is -1.61. The molecule has 0 aliphatic carbocycles. The second-order valence-electron chi connectivity index (χ2n) is 4.33. The molecule has 0 fully saturated rings. The molecule has 20 heavy (non-hydrogen) atoms. The molecule has 2 unspecified atom stereocenters. The summed E-state index contributed by atoms with van der Waals surface area (Å²) in [5.74, 6) is -2.49. The highest BCUT2D eigenvalue weighted by Gasteiger charge is 2.30. The Balaban J connectivity index is 2.81. The van der Waals surface area contributed by atoms with Gasteiger partial charge in [0.1, 0.15) is 0 Å². The maximum atomic E-state index is 13.4. The number of likely N-dealkylation sites (N-methyl/N-ethyl adjacent to an activating group) is 2. The smallest absolute Gasteiger partial charge is 0.358 e. The summed E-state index contributed by atoms with van der Waals surface area (Å²) in [6.07, 6.45) is 0.392. The number of hydrogen-bond acceptors (Lipinski definition) is 3. The van der Waals surface area contributed by atoms with Crippen LogP contribution in [-0.2, 0) is 15.8 Å². The third-order valence-corrected chi connectivity index (χ3v) is 3.79. The Morgan fingerprint density at radius 1 is 1.30 bits per heavy atom. The van der Waals surface area contributed by atoms with Gasteiger partial charge in [0, 0.05) is 7.05 Å². The van der Waals surface area contributed by atoms with Crippen LogP contribution in [0.1, 0.15) is 17.0 Å². The van der Waals surface area contributed by atoms with Crippen molar-refractivity contribution in [1.82, 2.24) is 10.6 Å². The van der Waals surface area contributed by atoms with E-state index in [0.717, 1.165) is 5.56 Å². The molecule has 1 aromatic rings. The number of hydrogen-bond donors (Lipinski definition) is 4. The lowest BCUT2D eigenvalue weighted by Crippen LogP contribution is -2.42. The summed E-state index contributed by atoms with van der Waals surface area (Å²) in [6.45, 7) is 0. The van der Waals surface area contributed by atoms with E-state index < -0.39 is 19.6 Å². The molecule has 6 nitrogen and oxygen atoms in total. The van der Waals surface area contributed by atoms with E-state index in [-0.39, 0.29) is 11.5 Å². The van der Waals surface area contributed by atoms with E-state index in [0.29, 0.717) is 6.42 Å². The standard InChI is InChI=1S/C12H18FN2O4P/c1-14-10(12(16)15-2)7-8-3-5-9(6-4-8)11(13)20(17,18)19/h3-6,10-11,14H,7H2,1-2H3,(H,15,16)(H2,17,18,19). The van der Waals surface area contributed by atoms with Crippen LogP contribution in [-0.4, -0.2) is 35.8 Å². The van der Waals surface area contributed by atoms with E-state index in [1.165, 1.54) is 19.2 Å². The van der Waals surface area contributed by atoms with Gasteiger partial charge in [-0.15, -0.1) is 0 Å². The fraction of sp³-hybridized carbons (Fsp3) is 0.417. The zero-order chi connectivity index (χ0) is 15.3. The molecule has 0 saturated heterocycles. The predicted molar refractivity (Wildman–Crippen MR) is 73.0 cm³/mol. The fourth-order valence-corrected chi connectivity index (χ4v) is 2.30. The average Bonchev–Trinajstić information content (AvgIpc) is 2.42. The first kappa shape index (κ1) is 16.8. The van der Waals surface area contributed by atoms with Gasteiger partial charge in [-0.2, -0.15) is 0 Å². The molecule has 0 saturated carbocycles. The van der Waals surface area contributed by atoms with Crippen molar-refractivity contribution in [3.8, 4) is 0 Å². The Kier molecular flexibility index (Phi) is 5.83. The molecule has 1 rings (SSSR count). The highest BCUT2D eigenvalue weighted by atomic mass is 31.2. The number of benzene rings is 1. The third-order valence-electron chi connectivity index (χ3n) is 2.90. The number of rotatable bonds is 6. The maximum Gasteiger partial charge on any atom is 0.363 e. The van der Waals surface area contributed by atoms with Crippen molar-refractivity contribution in [2.24, 2.45) is 0 Å². The van der Waals surface area contributed by atoms with Gasteiger partial charge in [-0.25, -0.2) is 4.39 Å². The van der Waals surface area contributed by atoms with Crippen LogP contribution in [0, 0.1) is 0 Å². The molecule has 1 aromatic carbocycles. The number of carbonyl (C=O) groups excluding carboxylic acids is 1. The highest BCUT2D eigenvalue weighted by Crippen LogP contribution is 2.52. The average molecular weight is 304 g/mol. The summed E-state index contributed by atoms with van der Waals surface area (Å²) in [5.41, 5.74) is 0.678. The lowest BCUT2D eigenvalue weighted by molar-refractivity contribution is -0.122. The van der Waals surface area contributed by atoms with Crippen molar-refractivity contribution in [2.75, 3.05) is 14.1 Å². The van der Waals surface area contributed by atoms with Crippen LogP contribution in [0.2, 0.25) is 0 Å². The number of nitrogens with one attached hydrogen (secondary N) is 2. The summed E-state index contributed by atoms with van der Waals surface area (Å²) >= 11 is 0. The van der Waals surface area contributed by atoms with Crippen LogP contribution in [0.15, 0.2) is 24.3 Å². The lowest BCUT2D eigenvalue weighted by Gasteiger charge is -2.15. The van der Waals surface area contributed by atoms with Gasteiger partial charge >= 0.3 is 7.60 Å². The molecule has 0 radical (unpaired) electrons. The molecule has 0 aliphatic rings. The minimum absolute atomic E-state index is 0.0805. The predicted octanol–water partition coefficient (Wildman–Crippen LogP) is 0.709. The van der Waals surface area contributed by atoms with E-state index in [1.54, 1.807) is 19.2 Å². The quantitative estimate of drug-likeness (QED) is 0.580. The molecule has 0 aromatic heterocycles. The van der Waals surface area contributed by atoms with Gasteiger partial charge in [-0.3, -0.25) is 9.36 Å². The van der Waals surface area contributed by atoms with Crippen molar-refractivity contribution < 1.29 is 23.5 Å². The zero-order valence-corrected chi connectivity index (χ0v) is 12.1. The number of halogens is 1. The van der Waals surface area contributed by atoms with Gasteiger partial charge in [-0.05, 0) is 24.6 Å². The van der Waals surface area contributed by atoms with Crippen molar-refractivity contribution in [2.45, 2.75) is 18.4 Å². The zero-order valence-electron chi connectivity index (χ0n) is 11.2. The molecule has 8 heteroatoms. The Morgan fingerprint density at radius 3 is 2.25 bits per heavy atom. The van der Waals surface area contributed by atoms with Crippen LogP contribution in [0.5, 0.6) is 0 Å². The Morgan fingerprint density at radius 2 is 1.85 bits per heavy atom. The summed E-state index contributed by atoms with van der Waals surface area (Å²) < 4.78 is 24.3. The van der Waals surface area contributed by atoms with Crippen molar-refractivity contribution in [1.29, 1.82) is 0 Å². The van der Waals surface area contributed by atoms with Crippen molar-refractivity contribution >= 4 is 13.5 Å². The van der Waals surface area contributed by atoms with Crippen LogP contribution in [0.4, 0.5) is 4.39 Å². The first-order valence-corrected chi connectivity index (χ1v) is 7.64. The fourth-order valence-electron chi connectivity index (χ4n) is 1.74. The van der Waals surface area contributed by atoms with Gasteiger partial charge < -0.3 is 20.4 Å². The molecule has 0 bridgehead atoms. The van der Waals surface area contributed by atoms with Crippen LogP contribution < -0.4 is 10.6 Å². The Hall–Kier alpha value is -1.27. The van der Waals surface area contributed by atoms with Gasteiger partial charge in [0.15, 0.2) is 0 Å². The van der Waals surface area contributed by atoms with Gasteiger partial charge in [0.25, 0.3) is 0 Å². The summed E-state index contributed by atoms with van der Waals surface area (Å²) in [5, 5.41) is 5.37. The SMILES string of the molecule is CNC(=O)C(Cc1ccc(C(F)P(=O)(O)O)cc1)NC. The molecular weight excluding hydrogens is 286 g/mol. The summed E-state index contributed by atoms with van der Waals surface area (Å²) in [6, 6.07) is 5.30. The van der Waals surface area contributed by atoms with Gasteiger partial charge in [-0.1, -0.05) is 24.3 Å². The number of alkyl halides is 1. The number of carbonyl (C=O) groups is 1. The van der Waals surface area contributed by atoms with Crippen LogP contribution >= 0.6 is 7.60 Å². The Bertz CT molecular complexity index is 503. The maximum absolute atomic E-state index is 13.4. The molecule has 1 amide bonds. The number of amides is 1. The molecule has 4 N–H and O–H groups in total. The monoisotopic (exact) mass is 304 g/mol. The van der Waals surface area contributed by atoms with E-state index in [2.05, 4.69) is 10.6 Å². The molecule has 2 atom stereocenters. The third kappa shape index (κ3) is 4.38. The van der Waals surface area contributed by atoms with Gasteiger partial charge in [0.05, 0.1) is 6.04 Å². The first-order valence-electron chi connectivity index (χ1n) is 5.96. The molecular formula is C12H18FN2O4P. The van der Waals surface area contributed by atoms with E-state index >= 15 is 0 Å². The van der Waals surface area contributed by atoms with E-state index in [1.807, 2.05) is 0 Å². The minimum Gasteiger partial charge on any atom is -0.358 e. The van der Waals surface area contributed by atoms with E-state index in [9.17, 15) is 13.8 Å². The molecule has 0 heterocycles. The highest BCUT2D eigenvalue weighted by molar-refractivity contribution is 7.51. The Labute approximate surface area is 116 Å². The lowest BCUT2D eigenvalue weighted by atomic mass is 10.0.